The number of benzene rings is 3. The Morgan fingerprint density at radius 3 is 2.09 bits per heavy atom. The Hall–Kier alpha value is -3.32. The molecule has 1 aliphatic heterocycles. The van der Waals surface area contributed by atoms with Crippen molar-refractivity contribution in [2.75, 3.05) is 28.8 Å². The second-order valence-corrected chi connectivity index (χ2v) is 10.1. The lowest BCUT2D eigenvalue weighted by Gasteiger charge is -2.25. The summed E-state index contributed by atoms with van der Waals surface area (Å²) in [5.41, 5.74) is 2.61. The standard InChI is InChI=1S/C26H29N3O3S/c1-21(22-14-16-23(17-15-22)28-18-8-9-19-28)27-26(30)20-29(24-10-4-2-5-11-24)33(31,32)25-12-6-3-7-13-25/h2-7,10-17,21H,8-9,18-20H2,1H3,(H,27,30). The number of hydrogen-bond acceptors (Lipinski definition) is 4. The zero-order chi connectivity index (χ0) is 23.3. The van der Waals surface area contributed by atoms with Crippen molar-refractivity contribution in [3.8, 4) is 0 Å². The second-order valence-electron chi connectivity index (χ2n) is 8.24. The number of nitrogens with zero attached hydrogens (tertiary/aromatic N) is 2. The predicted molar refractivity (Wildman–Crippen MR) is 132 cm³/mol. The minimum Gasteiger partial charge on any atom is -0.372 e. The number of para-hydroxylation sites is 1. The Morgan fingerprint density at radius 1 is 0.909 bits per heavy atom. The summed E-state index contributed by atoms with van der Waals surface area (Å²) >= 11 is 0. The number of amides is 1. The summed E-state index contributed by atoms with van der Waals surface area (Å²) in [7, 11) is -3.90. The minimum atomic E-state index is -3.90. The van der Waals surface area contributed by atoms with Crippen molar-refractivity contribution in [2.24, 2.45) is 0 Å². The smallest absolute Gasteiger partial charge is 0.264 e. The largest absolute Gasteiger partial charge is 0.372 e. The first kappa shape index (κ1) is 22.9. The van der Waals surface area contributed by atoms with Gasteiger partial charge in [-0.05, 0) is 61.7 Å². The van der Waals surface area contributed by atoms with E-state index >= 15 is 0 Å². The van der Waals surface area contributed by atoms with Crippen LogP contribution >= 0.6 is 0 Å². The van der Waals surface area contributed by atoms with Gasteiger partial charge in [0.05, 0.1) is 16.6 Å². The third-order valence-corrected chi connectivity index (χ3v) is 7.69. The maximum Gasteiger partial charge on any atom is 0.264 e. The van der Waals surface area contributed by atoms with Crippen LogP contribution in [0.5, 0.6) is 0 Å². The van der Waals surface area contributed by atoms with Gasteiger partial charge in [-0.25, -0.2) is 8.42 Å². The lowest BCUT2D eigenvalue weighted by Crippen LogP contribution is -2.41. The summed E-state index contributed by atoms with van der Waals surface area (Å²) in [6.07, 6.45) is 2.44. The van der Waals surface area contributed by atoms with Crippen LogP contribution < -0.4 is 14.5 Å². The van der Waals surface area contributed by atoms with Crippen molar-refractivity contribution in [1.82, 2.24) is 5.32 Å². The summed E-state index contributed by atoms with van der Waals surface area (Å²) in [6, 6.07) is 24.8. The topological polar surface area (TPSA) is 69.7 Å². The molecule has 1 saturated heterocycles. The quantitative estimate of drug-likeness (QED) is 0.539. The summed E-state index contributed by atoms with van der Waals surface area (Å²) < 4.78 is 27.8. The molecule has 1 heterocycles. The van der Waals surface area contributed by atoms with Crippen LogP contribution in [0.4, 0.5) is 11.4 Å². The first-order valence-corrected chi connectivity index (χ1v) is 12.7. The van der Waals surface area contributed by atoms with Crippen LogP contribution in [0.25, 0.3) is 0 Å². The maximum absolute atomic E-state index is 13.3. The Labute approximate surface area is 195 Å². The molecule has 172 valence electrons. The highest BCUT2D eigenvalue weighted by Gasteiger charge is 2.27. The summed E-state index contributed by atoms with van der Waals surface area (Å²) in [4.78, 5) is 15.4. The highest BCUT2D eigenvalue weighted by atomic mass is 32.2. The van der Waals surface area contributed by atoms with Gasteiger partial charge in [0, 0.05) is 18.8 Å². The molecule has 1 atom stereocenters. The van der Waals surface area contributed by atoms with Gasteiger partial charge in [0.15, 0.2) is 0 Å². The minimum absolute atomic E-state index is 0.146. The van der Waals surface area contributed by atoms with Crippen LogP contribution in [0.1, 0.15) is 31.4 Å². The van der Waals surface area contributed by atoms with E-state index in [2.05, 4.69) is 22.3 Å². The average molecular weight is 464 g/mol. The van der Waals surface area contributed by atoms with Crippen LogP contribution in [-0.2, 0) is 14.8 Å². The van der Waals surface area contributed by atoms with Crippen molar-refractivity contribution < 1.29 is 13.2 Å². The second kappa shape index (κ2) is 10.1. The Kier molecular flexibility index (Phi) is 6.99. The molecular weight excluding hydrogens is 434 g/mol. The molecule has 1 amide bonds. The fraction of sp³-hybridized carbons (Fsp3) is 0.269. The maximum atomic E-state index is 13.3. The average Bonchev–Trinajstić information content (AvgIpc) is 3.39. The molecule has 1 fully saturated rings. The fourth-order valence-electron chi connectivity index (χ4n) is 4.08. The molecule has 3 aromatic rings. The monoisotopic (exact) mass is 463 g/mol. The van der Waals surface area contributed by atoms with Gasteiger partial charge in [-0.3, -0.25) is 9.10 Å². The number of carbonyl (C=O) groups excluding carboxylic acids is 1. The molecule has 6 nitrogen and oxygen atoms in total. The fourth-order valence-corrected chi connectivity index (χ4v) is 5.52. The Morgan fingerprint density at radius 2 is 1.48 bits per heavy atom. The van der Waals surface area contributed by atoms with Crippen molar-refractivity contribution >= 4 is 27.3 Å². The highest BCUT2D eigenvalue weighted by Crippen LogP contribution is 2.25. The van der Waals surface area contributed by atoms with Crippen LogP contribution in [0.15, 0.2) is 89.8 Å². The van der Waals surface area contributed by atoms with Gasteiger partial charge in [0.25, 0.3) is 10.0 Å². The predicted octanol–water partition coefficient (Wildman–Crippen LogP) is 4.36. The first-order valence-electron chi connectivity index (χ1n) is 11.2. The molecule has 33 heavy (non-hydrogen) atoms. The van der Waals surface area contributed by atoms with E-state index in [4.69, 9.17) is 0 Å². The van der Waals surface area contributed by atoms with Gasteiger partial charge in [-0.1, -0.05) is 48.5 Å². The van der Waals surface area contributed by atoms with Gasteiger partial charge in [0.2, 0.25) is 5.91 Å². The zero-order valence-corrected chi connectivity index (χ0v) is 19.5. The molecule has 1 aliphatic rings. The van der Waals surface area contributed by atoms with Crippen molar-refractivity contribution in [3.63, 3.8) is 0 Å². The SMILES string of the molecule is CC(NC(=O)CN(c1ccccc1)S(=O)(=O)c1ccccc1)c1ccc(N2CCCC2)cc1. The van der Waals surface area contributed by atoms with Crippen LogP contribution in [-0.4, -0.2) is 34.0 Å². The van der Waals surface area contributed by atoms with E-state index in [1.54, 1.807) is 42.5 Å². The Bertz CT molecular complexity index is 1160. The van der Waals surface area contributed by atoms with Gasteiger partial charge >= 0.3 is 0 Å². The zero-order valence-electron chi connectivity index (χ0n) is 18.7. The van der Waals surface area contributed by atoms with Crippen LogP contribution in [0, 0.1) is 0 Å². The molecule has 0 bridgehead atoms. The summed E-state index contributed by atoms with van der Waals surface area (Å²) in [5, 5.41) is 2.95. The molecule has 7 heteroatoms. The molecule has 0 radical (unpaired) electrons. The van der Waals surface area contributed by atoms with E-state index in [1.807, 2.05) is 25.1 Å². The molecule has 4 rings (SSSR count). The number of nitrogens with one attached hydrogen (secondary N) is 1. The molecule has 0 spiro atoms. The third-order valence-electron chi connectivity index (χ3n) is 5.90. The number of sulfonamides is 1. The third kappa shape index (κ3) is 5.37. The molecule has 1 unspecified atom stereocenters. The molecule has 0 saturated carbocycles. The van der Waals surface area contributed by atoms with E-state index in [9.17, 15) is 13.2 Å². The normalized spacial score (nSPS) is 14.6. The van der Waals surface area contributed by atoms with E-state index in [0.29, 0.717) is 5.69 Å². The summed E-state index contributed by atoms with van der Waals surface area (Å²) in [6.45, 7) is 3.76. The number of rotatable bonds is 8. The molecule has 1 N–H and O–H groups in total. The van der Waals surface area contributed by atoms with Crippen molar-refractivity contribution in [1.29, 1.82) is 0 Å². The van der Waals surface area contributed by atoms with Crippen molar-refractivity contribution in [3.05, 3.63) is 90.5 Å². The van der Waals surface area contributed by atoms with E-state index in [1.165, 1.54) is 30.7 Å². The number of anilines is 2. The summed E-state index contributed by atoms with van der Waals surface area (Å²) in [5.74, 6) is -0.366. The van der Waals surface area contributed by atoms with Gasteiger partial charge < -0.3 is 10.2 Å². The molecular formula is C26H29N3O3S. The number of carbonyl (C=O) groups is 1. The molecule has 3 aromatic carbocycles. The first-order chi connectivity index (χ1) is 15.9. The Balaban J connectivity index is 1.49. The molecule has 0 aromatic heterocycles. The van der Waals surface area contributed by atoms with Gasteiger partial charge in [-0.2, -0.15) is 0 Å². The number of hydrogen-bond donors (Lipinski definition) is 1. The lowest BCUT2D eigenvalue weighted by molar-refractivity contribution is -0.120. The van der Waals surface area contributed by atoms with Crippen LogP contribution in [0.2, 0.25) is 0 Å². The highest BCUT2D eigenvalue weighted by molar-refractivity contribution is 7.92. The van der Waals surface area contributed by atoms with E-state index in [0.717, 1.165) is 23.0 Å². The van der Waals surface area contributed by atoms with Crippen molar-refractivity contribution in [2.45, 2.75) is 30.7 Å². The van der Waals surface area contributed by atoms with Gasteiger partial charge in [0.1, 0.15) is 6.54 Å². The lowest BCUT2D eigenvalue weighted by atomic mass is 10.1. The van der Waals surface area contributed by atoms with Gasteiger partial charge in [-0.15, -0.1) is 0 Å². The van der Waals surface area contributed by atoms with Crippen LogP contribution in [0.3, 0.4) is 0 Å². The molecule has 0 aliphatic carbocycles. The van der Waals surface area contributed by atoms with E-state index in [-0.39, 0.29) is 23.4 Å². The van der Waals surface area contributed by atoms with E-state index < -0.39 is 10.0 Å².